The molecule has 0 bridgehead atoms. The molecular weight excluding hydrogens is 352 g/mol. The Bertz CT molecular complexity index is 1150. The predicted molar refractivity (Wildman–Crippen MR) is 106 cm³/mol. The first kappa shape index (κ1) is 17.6. The second-order valence-electron chi connectivity index (χ2n) is 6.48. The van der Waals surface area contributed by atoms with Crippen LogP contribution < -0.4 is 5.32 Å². The number of nitrogens with zero attached hydrogens (tertiary/aromatic N) is 3. The van der Waals surface area contributed by atoms with Crippen molar-refractivity contribution < 1.29 is 9.59 Å². The van der Waals surface area contributed by atoms with Gasteiger partial charge in [0, 0.05) is 36.9 Å². The van der Waals surface area contributed by atoms with Crippen LogP contribution in [0.15, 0.2) is 73.3 Å². The lowest BCUT2D eigenvalue weighted by Crippen LogP contribution is -2.23. The van der Waals surface area contributed by atoms with Crippen LogP contribution in [0.25, 0.3) is 16.8 Å². The fraction of sp³-hybridized carbons (Fsp3) is 0.0909. The second kappa shape index (κ2) is 7.44. The summed E-state index contributed by atoms with van der Waals surface area (Å²) in [4.78, 5) is 32.2. The topological polar surface area (TPSA) is 76.4 Å². The van der Waals surface area contributed by atoms with Crippen molar-refractivity contribution in [3.8, 4) is 11.1 Å². The maximum absolute atomic E-state index is 12.4. The average Bonchev–Trinajstić information content (AvgIpc) is 3.16. The van der Waals surface area contributed by atoms with Gasteiger partial charge in [-0.25, -0.2) is 4.98 Å². The Morgan fingerprint density at radius 2 is 1.64 bits per heavy atom. The number of fused-ring (bicyclic) bond motifs is 1. The van der Waals surface area contributed by atoms with E-state index in [1.165, 1.54) is 0 Å². The number of aromatic nitrogens is 3. The molecule has 0 spiro atoms. The highest BCUT2D eigenvalue weighted by Crippen LogP contribution is 2.21. The van der Waals surface area contributed by atoms with Crippen molar-refractivity contribution in [3.05, 3.63) is 90.1 Å². The highest BCUT2D eigenvalue weighted by atomic mass is 16.2. The maximum atomic E-state index is 12.4. The summed E-state index contributed by atoms with van der Waals surface area (Å²) in [6.07, 6.45) is 7.02. The molecule has 4 rings (SSSR count). The van der Waals surface area contributed by atoms with Crippen LogP contribution >= 0.6 is 0 Å². The van der Waals surface area contributed by atoms with Gasteiger partial charge in [-0.2, -0.15) is 0 Å². The monoisotopic (exact) mass is 370 g/mol. The molecule has 3 heterocycles. The lowest BCUT2D eigenvalue weighted by atomic mass is 10.0. The minimum Gasteiger partial charge on any atom is -0.347 e. The van der Waals surface area contributed by atoms with E-state index in [2.05, 4.69) is 15.3 Å². The van der Waals surface area contributed by atoms with E-state index in [9.17, 15) is 9.59 Å². The van der Waals surface area contributed by atoms with Crippen LogP contribution in [0.5, 0.6) is 0 Å². The van der Waals surface area contributed by atoms with Crippen molar-refractivity contribution >= 4 is 17.3 Å². The minimum atomic E-state index is -0.229. The number of Topliss-reactive ketones (excluding diaryl/α,β-unsaturated/α-hetero) is 1. The van der Waals surface area contributed by atoms with E-state index < -0.39 is 0 Å². The summed E-state index contributed by atoms with van der Waals surface area (Å²) in [6, 6.07) is 15.0. The molecule has 0 fully saturated rings. The number of rotatable bonds is 5. The molecule has 138 valence electrons. The third-order valence-corrected chi connectivity index (χ3v) is 4.51. The molecule has 0 saturated heterocycles. The summed E-state index contributed by atoms with van der Waals surface area (Å²) in [5.74, 6) is -0.188. The minimum absolute atomic E-state index is 0.0408. The van der Waals surface area contributed by atoms with Gasteiger partial charge >= 0.3 is 0 Å². The highest BCUT2D eigenvalue weighted by molar-refractivity contribution is 5.94. The smallest absolute Gasteiger partial charge is 0.271 e. The molecule has 0 aliphatic rings. The van der Waals surface area contributed by atoms with Crippen molar-refractivity contribution in [2.75, 3.05) is 0 Å². The lowest BCUT2D eigenvalue weighted by Gasteiger charge is -2.03. The van der Waals surface area contributed by atoms with E-state index in [1.807, 2.05) is 59.1 Å². The molecule has 4 aromatic rings. The maximum Gasteiger partial charge on any atom is 0.271 e. The molecule has 28 heavy (non-hydrogen) atoms. The van der Waals surface area contributed by atoms with Crippen LogP contribution in [0.1, 0.15) is 33.3 Å². The summed E-state index contributed by atoms with van der Waals surface area (Å²) >= 11 is 0. The van der Waals surface area contributed by atoms with Crippen LogP contribution in [-0.2, 0) is 6.54 Å². The number of hydrogen-bond donors (Lipinski definition) is 1. The molecule has 3 aromatic heterocycles. The molecule has 0 unspecified atom stereocenters. The Balaban J connectivity index is 1.54. The van der Waals surface area contributed by atoms with Gasteiger partial charge < -0.3 is 9.72 Å². The van der Waals surface area contributed by atoms with Gasteiger partial charge in [0.25, 0.3) is 5.91 Å². The number of ketones is 1. The van der Waals surface area contributed by atoms with Gasteiger partial charge in [-0.15, -0.1) is 0 Å². The van der Waals surface area contributed by atoms with Gasteiger partial charge in [-0.1, -0.05) is 24.3 Å². The zero-order valence-corrected chi connectivity index (χ0v) is 15.3. The SMILES string of the molecule is CC(=O)c1ccc(-c2ccc3nc(C(=O)NCc4ccncc4)cn3c2)cc1. The van der Waals surface area contributed by atoms with E-state index in [-0.39, 0.29) is 11.7 Å². The highest BCUT2D eigenvalue weighted by Gasteiger charge is 2.11. The van der Waals surface area contributed by atoms with E-state index >= 15 is 0 Å². The Hall–Kier alpha value is -3.80. The van der Waals surface area contributed by atoms with Gasteiger partial charge in [-0.3, -0.25) is 14.6 Å². The Kier molecular flexibility index (Phi) is 4.68. The van der Waals surface area contributed by atoms with Crippen molar-refractivity contribution in [1.29, 1.82) is 0 Å². The van der Waals surface area contributed by atoms with Gasteiger partial charge in [-0.05, 0) is 47.9 Å². The number of carbonyl (C=O) groups excluding carboxylic acids is 2. The first-order chi connectivity index (χ1) is 13.6. The number of imidazole rings is 1. The van der Waals surface area contributed by atoms with Crippen LogP contribution in [0.4, 0.5) is 0 Å². The molecule has 0 atom stereocenters. The van der Waals surface area contributed by atoms with Crippen LogP contribution in [-0.4, -0.2) is 26.1 Å². The molecule has 0 aliphatic heterocycles. The van der Waals surface area contributed by atoms with Crippen molar-refractivity contribution in [2.24, 2.45) is 0 Å². The molecule has 1 N–H and O–H groups in total. The van der Waals surface area contributed by atoms with Crippen LogP contribution in [0.2, 0.25) is 0 Å². The first-order valence-electron chi connectivity index (χ1n) is 8.87. The van der Waals surface area contributed by atoms with Crippen LogP contribution in [0, 0.1) is 0 Å². The van der Waals surface area contributed by atoms with Crippen molar-refractivity contribution in [2.45, 2.75) is 13.5 Å². The van der Waals surface area contributed by atoms with Gasteiger partial charge in [0.05, 0.1) is 0 Å². The zero-order chi connectivity index (χ0) is 19.5. The summed E-state index contributed by atoms with van der Waals surface area (Å²) in [5.41, 5.74) is 4.67. The number of hydrogen-bond acceptors (Lipinski definition) is 4. The van der Waals surface area contributed by atoms with Crippen LogP contribution in [0.3, 0.4) is 0 Å². The molecular formula is C22H18N4O2. The third kappa shape index (κ3) is 3.66. The Morgan fingerprint density at radius 1 is 0.929 bits per heavy atom. The third-order valence-electron chi connectivity index (χ3n) is 4.51. The Morgan fingerprint density at radius 3 is 2.36 bits per heavy atom. The number of amides is 1. The normalized spacial score (nSPS) is 10.8. The van der Waals surface area contributed by atoms with E-state index in [1.54, 1.807) is 25.5 Å². The fourth-order valence-electron chi connectivity index (χ4n) is 2.94. The van der Waals surface area contributed by atoms with E-state index in [0.29, 0.717) is 23.4 Å². The van der Waals surface area contributed by atoms with Gasteiger partial charge in [0.1, 0.15) is 11.3 Å². The number of carbonyl (C=O) groups is 2. The molecule has 1 aromatic carbocycles. The standard InChI is InChI=1S/C22H18N4O2/c1-15(27)17-2-4-18(5-3-17)19-6-7-21-25-20(14-26(21)13-19)22(28)24-12-16-8-10-23-11-9-16/h2-11,13-14H,12H2,1H3,(H,24,28). The largest absolute Gasteiger partial charge is 0.347 e. The second-order valence-corrected chi connectivity index (χ2v) is 6.48. The molecule has 0 radical (unpaired) electrons. The van der Waals surface area contributed by atoms with Gasteiger partial charge in [0.15, 0.2) is 5.78 Å². The summed E-state index contributed by atoms with van der Waals surface area (Å²) in [6.45, 7) is 1.97. The van der Waals surface area contributed by atoms with Crippen molar-refractivity contribution in [1.82, 2.24) is 19.7 Å². The molecule has 1 amide bonds. The van der Waals surface area contributed by atoms with Gasteiger partial charge in [0.2, 0.25) is 0 Å². The van der Waals surface area contributed by atoms with Crippen molar-refractivity contribution in [3.63, 3.8) is 0 Å². The number of benzene rings is 1. The molecule has 6 nitrogen and oxygen atoms in total. The zero-order valence-electron chi connectivity index (χ0n) is 15.3. The number of nitrogens with one attached hydrogen (secondary N) is 1. The lowest BCUT2D eigenvalue weighted by molar-refractivity contribution is 0.0945. The number of pyridine rings is 2. The predicted octanol–water partition coefficient (Wildman–Crippen LogP) is 3.53. The quantitative estimate of drug-likeness (QED) is 0.545. The summed E-state index contributed by atoms with van der Waals surface area (Å²) in [7, 11) is 0. The Labute approximate surface area is 161 Å². The van der Waals surface area contributed by atoms with E-state index in [4.69, 9.17) is 0 Å². The summed E-state index contributed by atoms with van der Waals surface area (Å²) in [5, 5.41) is 2.86. The molecule has 6 heteroatoms. The fourth-order valence-corrected chi connectivity index (χ4v) is 2.94. The molecule has 0 saturated carbocycles. The first-order valence-corrected chi connectivity index (χ1v) is 8.87. The molecule has 0 aliphatic carbocycles. The summed E-state index contributed by atoms with van der Waals surface area (Å²) < 4.78 is 1.83. The average molecular weight is 370 g/mol. The van der Waals surface area contributed by atoms with E-state index in [0.717, 1.165) is 16.7 Å².